The number of halogens is 2. The maximum Gasteiger partial charge on any atom is 0.244 e. The Hall–Kier alpha value is -1.11. The molecular weight excluding hydrogens is 401 g/mol. The van der Waals surface area contributed by atoms with E-state index < -0.39 is 5.54 Å². The average Bonchev–Trinajstić information content (AvgIpc) is 3.13. The third kappa shape index (κ3) is 6.47. The number of amides is 1. The molecule has 0 spiro atoms. The summed E-state index contributed by atoms with van der Waals surface area (Å²) in [6.07, 6.45) is 2.35. The first-order valence-electron chi connectivity index (χ1n) is 8.93. The van der Waals surface area contributed by atoms with Gasteiger partial charge in [-0.1, -0.05) is 36.4 Å². The molecule has 0 aliphatic carbocycles. The van der Waals surface area contributed by atoms with Crippen LogP contribution in [-0.2, 0) is 16.9 Å². The number of nitrogens with zero attached hydrogens (tertiary/aromatic N) is 1. The third-order valence-corrected chi connectivity index (χ3v) is 5.82. The van der Waals surface area contributed by atoms with Crippen LogP contribution >= 0.6 is 36.2 Å². The predicted octanol–water partition coefficient (Wildman–Crippen LogP) is 3.79. The summed E-state index contributed by atoms with van der Waals surface area (Å²) in [5, 5.41) is 5.21. The SMILES string of the molecule is CC(N)(C(=O)NCC1CCCN(Cc2cccs2)C1)c1ccccc1.Cl.Cl. The van der Waals surface area contributed by atoms with E-state index in [0.29, 0.717) is 12.5 Å². The third-order valence-electron chi connectivity index (χ3n) is 4.96. The van der Waals surface area contributed by atoms with Crippen LogP contribution in [0.2, 0.25) is 0 Å². The molecule has 1 aliphatic rings. The van der Waals surface area contributed by atoms with Gasteiger partial charge in [0, 0.05) is 24.5 Å². The maximum atomic E-state index is 12.6. The summed E-state index contributed by atoms with van der Waals surface area (Å²) in [6.45, 7) is 5.66. The van der Waals surface area contributed by atoms with Crippen LogP contribution in [0.25, 0.3) is 0 Å². The van der Waals surface area contributed by atoms with Gasteiger partial charge in [0.25, 0.3) is 0 Å². The van der Waals surface area contributed by atoms with Crippen molar-refractivity contribution in [2.24, 2.45) is 11.7 Å². The molecule has 1 aliphatic heterocycles. The largest absolute Gasteiger partial charge is 0.354 e. The van der Waals surface area contributed by atoms with Crippen molar-refractivity contribution in [2.75, 3.05) is 19.6 Å². The Bertz CT molecular complexity index is 680. The van der Waals surface area contributed by atoms with Crippen LogP contribution in [0.15, 0.2) is 47.8 Å². The molecule has 2 aromatic rings. The number of carbonyl (C=O) groups excluding carboxylic acids is 1. The number of hydrogen-bond acceptors (Lipinski definition) is 4. The second-order valence-corrected chi connectivity index (χ2v) is 8.13. The first-order chi connectivity index (χ1) is 12.1. The topological polar surface area (TPSA) is 58.4 Å². The molecule has 2 heterocycles. The zero-order valence-corrected chi connectivity index (χ0v) is 18.0. The van der Waals surface area contributed by atoms with Gasteiger partial charge in [0.2, 0.25) is 5.91 Å². The van der Waals surface area contributed by atoms with Crippen molar-refractivity contribution in [2.45, 2.75) is 31.8 Å². The van der Waals surface area contributed by atoms with Gasteiger partial charge in [-0.3, -0.25) is 9.69 Å². The van der Waals surface area contributed by atoms with Crippen molar-refractivity contribution in [1.29, 1.82) is 0 Å². The highest BCUT2D eigenvalue weighted by Crippen LogP contribution is 2.21. The van der Waals surface area contributed by atoms with E-state index in [0.717, 1.165) is 31.6 Å². The molecule has 7 heteroatoms. The normalized spacial score (nSPS) is 19.3. The fourth-order valence-electron chi connectivity index (χ4n) is 3.42. The van der Waals surface area contributed by atoms with E-state index in [-0.39, 0.29) is 30.7 Å². The van der Waals surface area contributed by atoms with Gasteiger partial charge in [0.1, 0.15) is 5.54 Å². The predicted molar refractivity (Wildman–Crippen MR) is 118 cm³/mol. The monoisotopic (exact) mass is 429 g/mol. The minimum absolute atomic E-state index is 0. The number of hydrogen-bond donors (Lipinski definition) is 2. The van der Waals surface area contributed by atoms with Crippen LogP contribution in [0, 0.1) is 5.92 Å². The summed E-state index contributed by atoms with van der Waals surface area (Å²) in [6, 6.07) is 13.9. The van der Waals surface area contributed by atoms with Gasteiger partial charge >= 0.3 is 0 Å². The lowest BCUT2D eigenvalue weighted by atomic mass is 9.91. The van der Waals surface area contributed by atoms with Gasteiger partial charge in [-0.2, -0.15) is 0 Å². The second-order valence-electron chi connectivity index (χ2n) is 7.10. The van der Waals surface area contributed by atoms with Crippen molar-refractivity contribution >= 4 is 42.1 Å². The molecule has 150 valence electrons. The summed E-state index contributed by atoms with van der Waals surface area (Å²) in [5.41, 5.74) is 6.14. The molecule has 2 unspecified atom stereocenters. The summed E-state index contributed by atoms with van der Waals surface area (Å²) in [7, 11) is 0. The van der Waals surface area contributed by atoms with Gasteiger partial charge in [-0.15, -0.1) is 36.2 Å². The van der Waals surface area contributed by atoms with E-state index in [1.165, 1.54) is 11.3 Å². The zero-order valence-electron chi connectivity index (χ0n) is 15.6. The number of piperidine rings is 1. The zero-order chi connectivity index (χ0) is 17.7. The van der Waals surface area contributed by atoms with E-state index in [9.17, 15) is 4.79 Å². The molecular formula is C20H29Cl2N3OS. The van der Waals surface area contributed by atoms with Gasteiger partial charge in [0.05, 0.1) is 0 Å². The Kier molecular flexibility index (Phi) is 9.77. The number of nitrogens with two attached hydrogens (primary N) is 1. The number of nitrogens with one attached hydrogen (secondary N) is 1. The fourth-order valence-corrected chi connectivity index (χ4v) is 4.17. The molecule has 3 rings (SSSR count). The highest BCUT2D eigenvalue weighted by atomic mass is 35.5. The smallest absolute Gasteiger partial charge is 0.244 e. The summed E-state index contributed by atoms with van der Waals surface area (Å²) in [5.74, 6) is 0.387. The van der Waals surface area contributed by atoms with Crippen LogP contribution < -0.4 is 11.1 Å². The van der Waals surface area contributed by atoms with Crippen LogP contribution in [0.4, 0.5) is 0 Å². The van der Waals surface area contributed by atoms with Crippen LogP contribution in [0.1, 0.15) is 30.2 Å². The van der Waals surface area contributed by atoms with Crippen molar-refractivity contribution in [3.63, 3.8) is 0 Å². The molecule has 2 atom stereocenters. The van der Waals surface area contributed by atoms with Crippen LogP contribution in [0.5, 0.6) is 0 Å². The number of carbonyl (C=O) groups is 1. The number of rotatable bonds is 6. The van der Waals surface area contributed by atoms with E-state index in [4.69, 9.17) is 5.73 Å². The van der Waals surface area contributed by atoms with Gasteiger partial charge in [-0.05, 0) is 49.2 Å². The Labute approximate surface area is 178 Å². The Morgan fingerprint density at radius 1 is 1.26 bits per heavy atom. The lowest BCUT2D eigenvalue weighted by molar-refractivity contribution is -0.126. The second kappa shape index (κ2) is 11.0. The van der Waals surface area contributed by atoms with E-state index in [2.05, 4.69) is 27.7 Å². The average molecular weight is 430 g/mol. The van der Waals surface area contributed by atoms with Crippen molar-refractivity contribution < 1.29 is 4.79 Å². The molecule has 27 heavy (non-hydrogen) atoms. The minimum Gasteiger partial charge on any atom is -0.354 e. The van der Waals surface area contributed by atoms with Gasteiger partial charge < -0.3 is 11.1 Å². The number of thiophene rings is 1. The van der Waals surface area contributed by atoms with Crippen molar-refractivity contribution in [1.82, 2.24) is 10.2 Å². The Balaban J connectivity index is 0.00000182. The lowest BCUT2D eigenvalue weighted by Crippen LogP contribution is -2.51. The first-order valence-corrected chi connectivity index (χ1v) is 9.81. The molecule has 1 saturated heterocycles. The summed E-state index contributed by atoms with van der Waals surface area (Å²) < 4.78 is 0. The molecule has 1 amide bonds. The van der Waals surface area contributed by atoms with Crippen LogP contribution in [0.3, 0.4) is 0 Å². The van der Waals surface area contributed by atoms with E-state index in [1.807, 2.05) is 41.7 Å². The number of likely N-dealkylation sites (tertiary alicyclic amines) is 1. The van der Waals surface area contributed by atoms with Gasteiger partial charge in [0.15, 0.2) is 0 Å². The quantitative estimate of drug-likeness (QED) is 0.733. The van der Waals surface area contributed by atoms with Gasteiger partial charge in [-0.25, -0.2) is 0 Å². The molecule has 0 bridgehead atoms. The van der Waals surface area contributed by atoms with E-state index >= 15 is 0 Å². The maximum absolute atomic E-state index is 12.6. The molecule has 0 saturated carbocycles. The summed E-state index contributed by atoms with van der Waals surface area (Å²) in [4.78, 5) is 16.5. The van der Waals surface area contributed by atoms with Crippen molar-refractivity contribution in [3.05, 3.63) is 58.3 Å². The fraction of sp³-hybridized carbons (Fsp3) is 0.450. The molecule has 1 aromatic carbocycles. The van der Waals surface area contributed by atoms with Crippen molar-refractivity contribution in [3.8, 4) is 0 Å². The minimum atomic E-state index is -0.993. The molecule has 4 nitrogen and oxygen atoms in total. The highest BCUT2D eigenvalue weighted by Gasteiger charge is 2.31. The molecule has 3 N–H and O–H groups in total. The summed E-state index contributed by atoms with van der Waals surface area (Å²) >= 11 is 1.81. The number of benzene rings is 1. The van der Waals surface area contributed by atoms with E-state index in [1.54, 1.807) is 6.92 Å². The standard InChI is InChI=1S/C20H27N3OS.2ClH/c1-20(21,17-8-3-2-4-9-17)19(24)22-13-16-7-5-11-23(14-16)15-18-10-6-12-25-18;;/h2-4,6,8-10,12,16H,5,7,11,13-15,21H2,1H3,(H,22,24);2*1H. The Morgan fingerprint density at radius 2 is 2.00 bits per heavy atom. The lowest BCUT2D eigenvalue weighted by Gasteiger charge is -2.33. The first kappa shape index (κ1) is 23.9. The Morgan fingerprint density at radius 3 is 2.67 bits per heavy atom. The van der Waals surface area contributed by atoms with Crippen LogP contribution in [-0.4, -0.2) is 30.4 Å². The highest BCUT2D eigenvalue weighted by molar-refractivity contribution is 7.09. The molecule has 1 aromatic heterocycles. The molecule has 0 radical (unpaired) electrons. The molecule has 1 fully saturated rings.